The maximum absolute atomic E-state index is 9.06. The topological polar surface area (TPSA) is 32.3 Å². The van der Waals surface area contributed by atoms with Crippen LogP contribution in [-0.4, -0.2) is 17.8 Å². The van der Waals surface area contributed by atoms with Gasteiger partial charge in [-0.1, -0.05) is 54.6 Å². The number of hydrogen-bond donors (Lipinski definition) is 2. The minimum atomic E-state index is 0.115. The Hall–Kier alpha value is -1.64. The van der Waals surface area contributed by atoms with Gasteiger partial charge in [-0.25, -0.2) is 0 Å². The monoisotopic (exact) mass is 255 g/mol. The van der Waals surface area contributed by atoms with Crippen LogP contribution in [0.5, 0.6) is 0 Å². The van der Waals surface area contributed by atoms with Crippen molar-refractivity contribution in [3.05, 3.63) is 60.2 Å². The van der Waals surface area contributed by atoms with E-state index in [2.05, 4.69) is 60.8 Å². The fraction of sp³-hybridized carbons (Fsp3) is 0.294. The van der Waals surface area contributed by atoms with Crippen LogP contribution in [0.4, 0.5) is 0 Å². The summed E-state index contributed by atoms with van der Waals surface area (Å²) in [5, 5.41) is 12.4. The zero-order valence-electron chi connectivity index (χ0n) is 11.5. The Labute approximate surface area is 115 Å². The molecular formula is C17H21NO. The summed E-state index contributed by atoms with van der Waals surface area (Å²) in [6, 6.07) is 19.3. The van der Waals surface area contributed by atoms with E-state index in [1.165, 1.54) is 16.7 Å². The number of aliphatic hydroxyl groups excluding tert-OH is 1. The lowest BCUT2D eigenvalue weighted by atomic mass is 10.0. The minimum absolute atomic E-state index is 0.115. The van der Waals surface area contributed by atoms with Crippen LogP contribution < -0.4 is 5.32 Å². The Morgan fingerprint density at radius 2 is 1.47 bits per heavy atom. The van der Waals surface area contributed by atoms with Crippen molar-refractivity contribution in [3.63, 3.8) is 0 Å². The number of benzene rings is 2. The molecule has 0 bridgehead atoms. The molecular weight excluding hydrogens is 234 g/mol. The summed E-state index contributed by atoms with van der Waals surface area (Å²) in [6.07, 6.45) is 0. The van der Waals surface area contributed by atoms with E-state index in [0.717, 1.165) is 0 Å². The first-order valence-electron chi connectivity index (χ1n) is 6.73. The highest BCUT2D eigenvalue weighted by Gasteiger charge is 2.08. The van der Waals surface area contributed by atoms with Gasteiger partial charge >= 0.3 is 0 Å². The van der Waals surface area contributed by atoms with E-state index >= 15 is 0 Å². The largest absolute Gasteiger partial charge is 0.395 e. The Morgan fingerprint density at radius 3 is 2.05 bits per heavy atom. The van der Waals surface area contributed by atoms with Crippen LogP contribution in [0, 0.1) is 0 Å². The molecule has 0 aliphatic carbocycles. The summed E-state index contributed by atoms with van der Waals surface area (Å²) in [4.78, 5) is 0. The number of rotatable bonds is 5. The van der Waals surface area contributed by atoms with Crippen LogP contribution in [0.1, 0.15) is 25.5 Å². The van der Waals surface area contributed by atoms with E-state index < -0.39 is 0 Å². The molecule has 0 radical (unpaired) electrons. The van der Waals surface area contributed by atoms with Gasteiger partial charge in [0.05, 0.1) is 6.61 Å². The van der Waals surface area contributed by atoms with Crippen molar-refractivity contribution in [2.24, 2.45) is 0 Å². The zero-order valence-corrected chi connectivity index (χ0v) is 11.5. The predicted molar refractivity (Wildman–Crippen MR) is 80.0 cm³/mol. The fourth-order valence-corrected chi connectivity index (χ4v) is 2.17. The average Bonchev–Trinajstić information content (AvgIpc) is 2.48. The van der Waals surface area contributed by atoms with E-state index in [1.807, 2.05) is 13.0 Å². The molecule has 0 saturated carbocycles. The highest BCUT2D eigenvalue weighted by atomic mass is 16.3. The highest BCUT2D eigenvalue weighted by molar-refractivity contribution is 5.63. The van der Waals surface area contributed by atoms with Crippen molar-refractivity contribution >= 4 is 0 Å². The van der Waals surface area contributed by atoms with Gasteiger partial charge in [0.25, 0.3) is 0 Å². The molecule has 2 aromatic carbocycles. The summed E-state index contributed by atoms with van der Waals surface area (Å²) in [6.45, 7) is 4.25. The molecule has 100 valence electrons. The van der Waals surface area contributed by atoms with Crippen LogP contribution in [-0.2, 0) is 0 Å². The van der Waals surface area contributed by atoms with Gasteiger partial charge in [-0.2, -0.15) is 0 Å². The van der Waals surface area contributed by atoms with Crippen LogP contribution in [0.15, 0.2) is 54.6 Å². The third-order valence-corrected chi connectivity index (χ3v) is 3.33. The Balaban J connectivity index is 2.10. The molecule has 2 nitrogen and oxygen atoms in total. The molecule has 0 fully saturated rings. The zero-order chi connectivity index (χ0) is 13.7. The third kappa shape index (κ3) is 3.66. The van der Waals surface area contributed by atoms with Gasteiger partial charge < -0.3 is 10.4 Å². The second-order valence-corrected chi connectivity index (χ2v) is 4.96. The molecule has 0 amide bonds. The molecule has 2 rings (SSSR count). The first-order chi connectivity index (χ1) is 9.20. The molecule has 1 unspecified atom stereocenters. The summed E-state index contributed by atoms with van der Waals surface area (Å²) >= 11 is 0. The molecule has 2 atom stereocenters. The third-order valence-electron chi connectivity index (χ3n) is 3.33. The molecule has 0 aliphatic heterocycles. The van der Waals surface area contributed by atoms with Crippen LogP contribution in [0.3, 0.4) is 0 Å². The van der Waals surface area contributed by atoms with Crippen molar-refractivity contribution in [2.45, 2.75) is 25.9 Å². The molecule has 0 heterocycles. The Morgan fingerprint density at radius 1 is 0.895 bits per heavy atom. The van der Waals surface area contributed by atoms with Crippen LogP contribution >= 0.6 is 0 Å². The quantitative estimate of drug-likeness (QED) is 0.858. The maximum Gasteiger partial charge on any atom is 0.0582 e. The molecule has 0 aromatic heterocycles. The average molecular weight is 255 g/mol. The van der Waals surface area contributed by atoms with Crippen LogP contribution in [0.2, 0.25) is 0 Å². The van der Waals surface area contributed by atoms with E-state index in [-0.39, 0.29) is 18.7 Å². The minimum Gasteiger partial charge on any atom is -0.395 e. The van der Waals surface area contributed by atoms with E-state index in [9.17, 15) is 0 Å². The second kappa shape index (κ2) is 6.50. The van der Waals surface area contributed by atoms with Crippen molar-refractivity contribution < 1.29 is 5.11 Å². The lowest BCUT2D eigenvalue weighted by Crippen LogP contribution is -2.31. The van der Waals surface area contributed by atoms with Gasteiger partial charge in [0.15, 0.2) is 0 Å². The van der Waals surface area contributed by atoms with Crippen molar-refractivity contribution in [1.82, 2.24) is 5.32 Å². The van der Waals surface area contributed by atoms with Gasteiger partial charge in [0.1, 0.15) is 0 Å². The van der Waals surface area contributed by atoms with E-state index in [1.54, 1.807) is 0 Å². The number of aliphatic hydroxyl groups is 1. The standard InChI is InChI=1S/C17H21NO/c1-13(12-19)18-14(2)15-8-10-17(11-9-15)16-6-4-3-5-7-16/h3-11,13-14,18-19H,12H2,1-2H3/t13-,14?/m1/s1. The Bertz CT molecular complexity index is 492. The second-order valence-electron chi connectivity index (χ2n) is 4.96. The molecule has 0 spiro atoms. The molecule has 0 saturated heterocycles. The van der Waals surface area contributed by atoms with Crippen LogP contribution in [0.25, 0.3) is 11.1 Å². The smallest absolute Gasteiger partial charge is 0.0582 e. The van der Waals surface area contributed by atoms with Gasteiger partial charge in [-0.05, 0) is 30.5 Å². The Kier molecular flexibility index (Phi) is 4.72. The molecule has 2 heteroatoms. The van der Waals surface area contributed by atoms with E-state index in [4.69, 9.17) is 5.11 Å². The first-order valence-corrected chi connectivity index (χ1v) is 6.73. The SMILES string of the molecule is CC(N[C@H](C)CO)c1ccc(-c2ccccc2)cc1. The summed E-state index contributed by atoms with van der Waals surface area (Å²) in [5.41, 5.74) is 3.70. The normalized spacial score (nSPS) is 14.1. The predicted octanol–water partition coefficient (Wildman–Crippen LogP) is 3.39. The van der Waals surface area contributed by atoms with Crippen molar-refractivity contribution in [2.75, 3.05) is 6.61 Å². The molecule has 0 aliphatic rings. The van der Waals surface area contributed by atoms with Gasteiger partial charge in [-0.15, -0.1) is 0 Å². The van der Waals surface area contributed by atoms with Gasteiger partial charge in [0, 0.05) is 12.1 Å². The lowest BCUT2D eigenvalue weighted by molar-refractivity contribution is 0.243. The first kappa shape index (κ1) is 13.8. The summed E-state index contributed by atoms with van der Waals surface area (Å²) < 4.78 is 0. The summed E-state index contributed by atoms with van der Waals surface area (Å²) in [5.74, 6) is 0. The number of nitrogens with one attached hydrogen (secondary N) is 1. The van der Waals surface area contributed by atoms with Gasteiger partial charge in [-0.3, -0.25) is 0 Å². The fourth-order valence-electron chi connectivity index (χ4n) is 2.17. The summed E-state index contributed by atoms with van der Waals surface area (Å²) in [7, 11) is 0. The van der Waals surface area contributed by atoms with Crippen molar-refractivity contribution in [3.8, 4) is 11.1 Å². The molecule has 2 aromatic rings. The van der Waals surface area contributed by atoms with Gasteiger partial charge in [0.2, 0.25) is 0 Å². The molecule has 19 heavy (non-hydrogen) atoms. The van der Waals surface area contributed by atoms with E-state index in [0.29, 0.717) is 0 Å². The lowest BCUT2D eigenvalue weighted by Gasteiger charge is -2.19. The molecule has 2 N–H and O–H groups in total. The maximum atomic E-state index is 9.06. The number of hydrogen-bond acceptors (Lipinski definition) is 2. The highest BCUT2D eigenvalue weighted by Crippen LogP contribution is 2.21. The van der Waals surface area contributed by atoms with Crippen molar-refractivity contribution in [1.29, 1.82) is 0 Å².